The third-order valence-electron chi connectivity index (χ3n) is 2.75. The van der Waals surface area contributed by atoms with E-state index >= 15 is 0 Å². The van der Waals surface area contributed by atoms with Crippen LogP contribution in [0.1, 0.15) is 16.1 Å². The molecule has 2 rings (SSSR count). The van der Waals surface area contributed by atoms with Crippen LogP contribution in [0.3, 0.4) is 0 Å². The third-order valence-corrected chi connectivity index (χ3v) is 2.75. The van der Waals surface area contributed by atoms with Gasteiger partial charge in [0, 0.05) is 11.1 Å². The summed E-state index contributed by atoms with van der Waals surface area (Å²) in [7, 11) is 1.55. The molecule has 0 bridgehead atoms. The molecule has 0 amide bonds. The molecule has 6 nitrogen and oxygen atoms in total. The molecule has 0 aliphatic rings. The maximum atomic E-state index is 11.4. The van der Waals surface area contributed by atoms with Crippen LogP contribution in [0.25, 0.3) is 11.3 Å². The summed E-state index contributed by atoms with van der Waals surface area (Å²) in [6.07, 6.45) is 0. The summed E-state index contributed by atoms with van der Waals surface area (Å²) < 4.78 is 5.04. The highest BCUT2D eigenvalue weighted by Crippen LogP contribution is 2.23. The van der Waals surface area contributed by atoms with Crippen molar-refractivity contribution in [2.75, 3.05) is 7.11 Å². The molecule has 1 heterocycles. The zero-order chi connectivity index (χ0) is 14.0. The molecular formula is C13H12N2O4. The number of methoxy groups -OCH3 is 1. The van der Waals surface area contributed by atoms with E-state index in [0.717, 1.165) is 0 Å². The highest BCUT2D eigenvalue weighted by Gasteiger charge is 2.15. The molecule has 98 valence electrons. The van der Waals surface area contributed by atoms with Crippen LogP contribution in [0.2, 0.25) is 0 Å². The Morgan fingerprint density at radius 1 is 1.32 bits per heavy atom. The van der Waals surface area contributed by atoms with Crippen LogP contribution < -0.4 is 10.4 Å². The highest BCUT2D eigenvalue weighted by molar-refractivity contribution is 5.89. The zero-order valence-electron chi connectivity index (χ0n) is 10.4. The van der Waals surface area contributed by atoms with Crippen molar-refractivity contribution in [3.05, 3.63) is 46.0 Å². The number of aromatic carboxylic acids is 1. The lowest BCUT2D eigenvalue weighted by atomic mass is 10.1. The predicted molar refractivity (Wildman–Crippen MR) is 68.5 cm³/mol. The number of nitrogens with one attached hydrogen (secondary N) is 1. The SMILES string of the molecule is COc1ccc(-c2nc(=O)[nH]c(C(=O)O)c2C)cc1. The number of carbonyl (C=O) groups is 1. The summed E-state index contributed by atoms with van der Waals surface area (Å²) in [5.41, 5.74) is 0.590. The van der Waals surface area contributed by atoms with Gasteiger partial charge in [-0.25, -0.2) is 9.59 Å². The van der Waals surface area contributed by atoms with Crippen molar-refractivity contribution in [1.29, 1.82) is 0 Å². The molecule has 0 atom stereocenters. The minimum absolute atomic E-state index is 0.147. The molecule has 0 fully saturated rings. The molecule has 0 radical (unpaired) electrons. The Kier molecular flexibility index (Phi) is 3.33. The minimum Gasteiger partial charge on any atom is -0.497 e. The first-order valence-electron chi connectivity index (χ1n) is 5.51. The number of aromatic amines is 1. The molecule has 0 saturated heterocycles. The van der Waals surface area contributed by atoms with Crippen molar-refractivity contribution in [2.24, 2.45) is 0 Å². The number of H-pyrrole nitrogens is 1. The fourth-order valence-electron chi connectivity index (χ4n) is 1.78. The number of benzene rings is 1. The van der Waals surface area contributed by atoms with E-state index in [0.29, 0.717) is 22.6 Å². The number of ether oxygens (including phenoxy) is 1. The van der Waals surface area contributed by atoms with Crippen molar-refractivity contribution < 1.29 is 14.6 Å². The molecule has 1 aromatic heterocycles. The second-order valence-electron chi connectivity index (χ2n) is 3.92. The van der Waals surface area contributed by atoms with Crippen molar-refractivity contribution in [2.45, 2.75) is 6.92 Å². The molecular weight excluding hydrogens is 248 g/mol. The van der Waals surface area contributed by atoms with Crippen molar-refractivity contribution in [3.8, 4) is 17.0 Å². The maximum absolute atomic E-state index is 11.4. The van der Waals surface area contributed by atoms with Gasteiger partial charge in [0.25, 0.3) is 0 Å². The summed E-state index contributed by atoms with van der Waals surface area (Å²) >= 11 is 0. The Hall–Kier alpha value is -2.63. The van der Waals surface area contributed by atoms with Crippen LogP contribution in [0.15, 0.2) is 29.1 Å². The Labute approximate surface area is 108 Å². The summed E-state index contributed by atoms with van der Waals surface area (Å²) in [4.78, 5) is 28.5. The topological polar surface area (TPSA) is 92.3 Å². The molecule has 0 saturated carbocycles. The fraction of sp³-hybridized carbons (Fsp3) is 0.154. The van der Waals surface area contributed by atoms with E-state index < -0.39 is 11.7 Å². The van der Waals surface area contributed by atoms with E-state index in [4.69, 9.17) is 9.84 Å². The average Bonchev–Trinajstić information content (AvgIpc) is 2.41. The van der Waals surface area contributed by atoms with Crippen LogP contribution in [0.4, 0.5) is 0 Å². The van der Waals surface area contributed by atoms with Crippen LogP contribution in [0, 0.1) is 6.92 Å². The Morgan fingerprint density at radius 2 is 1.95 bits per heavy atom. The Bertz CT molecular complexity index is 674. The van der Waals surface area contributed by atoms with Gasteiger partial charge >= 0.3 is 11.7 Å². The summed E-state index contributed by atoms with van der Waals surface area (Å²) in [6, 6.07) is 6.88. The maximum Gasteiger partial charge on any atom is 0.352 e. The van der Waals surface area contributed by atoms with Crippen LogP contribution in [-0.2, 0) is 0 Å². The number of carboxylic acids is 1. The molecule has 1 aromatic carbocycles. The fourth-order valence-corrected chi connectivity index (χ4v) is 1.78. The number of aromatic nitrogens is 2. The molecule has 19 heavy (non-hydrogen) atoms. The normalized spacial score (nSPS) is 10.2. The summed E-state index contributed by atoms with van der Waals surface area (Å²) in [6.45, 7) is 1.60. The largest absolute Gasteiger partial charge is 0.497 e. The van der Waals surface area contributed by atoms with Crippen molar-refractivity contribution in [1.82, 2.24) is 9.97 Å². The number of carboxylic acid groups (broad SMARTS) is 1. The molecule has 0 unspecified atom stereocenters. The van der Waals surface area contributed by atoms with E-state index in [2.05, 4.69) is 9.97 Å². The minimum atomic E-state index is -1.19. The number of hydrogen-bond donors (Lipinski definition) is 2. The van der Waals surface area contributed by atoms with E-state index in [-0.39, 0.29) is 5.69 Å². The van der Waals surface area contributed by atoms with Crippen molar-refractivity contribution in [3.63, 3.8) is 0 Å². The first kappa shape index (κ1) is 12.8. The Morgan fingerprint density at radius 3 is 2.47 bits per heavy atom. The van der Waals surface area contributed by atoms with Gasteiger partial charge in [0.1, 0.15) is 11.4 Å². The first-order chi connectivity index (χ1) is 9.02. The van der Waals surface area contributed by atoms with E-state index in [1.165, 1.54) is 0 Å². The van der Waals surface area contributed by atoms with Crippen LogP contribution in [0.5, 0.6) is 5.75 Å². The zero-order valence-corrected chi connectivity index (χ0v) is 10.4. The molecule has 2 N–H and O–H groups in total. The molecule has 0 spiro atoms. The molecule has 6 heteroatoms. The lowest BCUT2D eigenvalue weighted by molar-refractivity contribution is 0.0689. The summed E-state index contributed by atoms with van der Waals surface area (Å²) in [5.74, 6) is -0.517. The lowest BCUT2D eigenvalue weighted by Crippen LogP contribution is -2.19. The van der Waals surface area contributed by atoms with Crippen molar-refractivity contribution >= 4 is 5.97 Å². The smallest absolute Gasteiger partial charge is 0.352 e. The van der Waals surface area contributed by atoms with E-state index in [9.17, 15) is 9.59 Å². The number of nitrogens with zero attached hydrogens (tertiary/aromatic N) is 1. The quantitative estimate of drug-likeness (QED) is 0.871. The van der Waals surface area contributed by atoms with Gasteiger partial charge in [-0.15, -0.1) is 0 Å². The predicted octanol–water partition coefficient (Wildman–Crippen LogP) is 1.45. The Balaban J connectivity index is 2.61. The standard InChI is InChI=1S/C13H12N2O4/c1-7-10(8-3-5-9(19-2)6-4-8)14-13(18)15-11(7)12(16)17/h3-6H,1-2H3,(H,16,17)(H,14,15,18). The number of rotatable bonds is 3. The highest BCUT2D eigenvalue weighted by atomic mass is 16.5. The van der Waals surface area contributed by atoms with E-state index in [1.54, 1.807) is 38.3 Å². The van der Waals surface area contributed by atoms with Gasteiger partial charge in [-0.2, -0.15) is 4.98 Å². The van der Waals surface area contributed by atoms with Gasteiger partial charge in [-0.1, -0.05) is 0 Å². The monoisotopic (exact) mass is 260 g/mol. The average molecular weight is 260 g/mol. The van der Waals surface area contributed by atoms with E-state index in [1.807, 2.05) is 0 Å². The third kappa shape index (κ3) is 2.47. The molecule has 0 aliphatic heterocycles. The van der Waals surface area contributed by atoms with Gasteiger partial charge in [-0.3, -0.25) is 4.98 Å². The lowest BCUT2D eigenvalue weighted by Gasteiger charge is -2.07. The van der Waals surface area contributed by atoms with Gasteiger partial charge in [0.15, 0.2) is 0 Å². The number of hydrogen-bond acceptors (Lipinski definition) is 4. The molecule has 0 aliphatic carbocycles. The van der Waals surface area contributed by atoms with Gasteiger partial charge in [-0.05, 0) is 31.2 Å². The second-order valence-corrected chi connectivity index (χ2v) is 3.92. The van der Waals surface area contributed by atoms with Gasteiger partial charge in [0.05, 0.1) is 12.8 Å². The summed E-state index contributed by atoms with van der Waals surface area (Å²) in [5, 5.41) is 9.03. The van der Waals surface area contributed by atoms with Crippen LogP contribution in [-0.4, -0.2) is 28.2 Å². The first-order valence-corrected chi connectivity index (χ1v) is 5.51. The van der Waals surface area contributed by atoms with Gasteiger partial charge < -0.3 is 9.84 Å². The van der Waals surface area contributed by atoms with Gasteiger partial charge in [0.2, 0.25) is 0 Å². The van der Waals surface area contributed by atoms with Crippen LogP contribution >= 0.6 is 0 Å². The second kappa shape index (κ2) is 4.93. The molecule has 2 aromatic rings.